The van der Waals surface area contributed by atoms with Gasteiger partial charge in [-0.1, -0.05) is 17.7 Å². The van der Waals surface area contributed by atoms with Crippen molar-refractivity contribution in [3.63, 3.8) is 0 Å². The Morgan fingerprint density at radius 3 is 2.63 bits per heavy atom. The number of aromatic nitrogens is 2. The van der Waals surface area contributed by atoms with Gasteiger partial charge in [0.1, 0.15) is 11.4 Å². The molecule has 0 amide bonds. The molecular formula is C24H26ClN5O5. The molecule has 0 aliphatic carbocycles. The molecule has 1 fully saturated rings. The maximum atomic E-state index is 12.1. The summed E-state index contributed by atoms with van der Waals surface area (Å²) in [6.07, 6.45) is 1.57. The molecule has 0 bridgehead atoms. The Morgan fingerprint density at radius 1 is 1.26 bits per heavy atom. The van der Waals surface area contributed by atoms with Crippen LogP contribution >= 0.6 is 11.6 Å². The monoisotopic (exact) mass is 499 g/mol. The van der Waals surface area contributed by atoms with Crippen molar-refractivity contribution in [2.45, 2.75) is 26.2 Å². The Balaban J connectivity index is 1.72. The maximum absolute atomic E-state index is 12.1. The number of rotatable bonds is 7. The van der Waals surface area contributed by atoms with Gasteiger partial charge in [-0.2, -0.15) is 5.10 Å². The van der Waals surface area contributed by atoms with E-state index in [0.29, 0.717) is 72.0 Å². The molecule has 35 heavy (non-hydrogen) atoms. The quantitative estimate of drug-likeness (QED) is 0.220. The molecule has 2 N–H and O–H groups in total. The maximum Gasteiger partial charge on any atom is 0.309 e. The van der Waals surface area contributed by atoms with Gasteiger partial charge in [0.2, 0.25) is 0 Å². The van der Waals surface area contributed by atoms with Gasteiger partial charge >= 0.3 is 5.97 Å². The number of esters is 1. The Hall–Kier alpha value is -3.66. The van der Waals surface area contributed by atoms with Crippen LogP contribution in [0.1, 0.15) is 31.0 Å². The zero-order valence-electron chi connectivity index (χ0n) is 19.5. The molecule has 0 spiro atoms. The number of nitrogen functional groups attached to an aromatic ring is 1. The van der Waals surface area contributed by atoms with Crippen LogP contribution in [0.25, 0.3) is 10.8 Å². The van der Waals surface area contributed by atoms with E-state index in [1.54, 1.807) is 25.1 Å². The molecule has 0 saturated carbocycles. The van der Waals surface area contributed by atoms with Gasteiger partial charge in [0.25, 0.3) is 5.69 Å². The highest BCUT2D eigenvalue weighted by molar-refractivity contribution is 6.32. The number of methoxy groups -OCH3 is 1. The summed E-state index contributed by atoms with van der Waals surface area (Å²) in [5.74, 6) is 0.788. The number of nitrogens with two attached hydrogens (primary N) is 1. The lowest BCUT2D eigenvalue weighted by molar-refractivity contribution is -0.383. The van der Waals surface area contributed by atoms with Crippen LogP contribution in [-0.2, 0) is 16.0 Å². The van der Waals surface area contributed by atoms with Gasteiger partial charge in [-0.25, -0.2) is 0 Å². The number of benzene rings is 2. The number of halogens is 1. The molecule has 0 atom stereocenters. The smallest absolute Gasteiger partial charge is 0.309 e. The van der Waals surface area contributed by atoms with Crippen LogP contribution in [0.4, 0.5) is 17.2 Å². The molecule has 2 aromatic carbocycles. The number of nitro benzene ring substituents is 1. The van der Waals surface area contributed by atoms with E-state index in [0.717, 1.165) is 5.56 Å². The lowest BCUT2D eigenvalue weighted by atomic mass is 9.96. The van der Waals surface area contributed by atoms with Crippen LogP contribution in [0.2, 0.25) is 5.02 Å². The van der Waals surface area contributed by atoms with Crippen LogP contribution in [0, 0.1) is 16.0 Å². The standard InChI is InChI=1S/C24H26ClN5O5/c1-3-35-24(31)15-8-10-29(11-9-15)23-16-5-6-19(30(32)33)22(26)21(16)18(27-28-23)13-14-4-7-20(34-2)17(25)12-14/h4-7,12,15H,3,8-11,13,26H2,1-2H3. The lowest BCUT2D eigenvalue weighted by Crippen LogP contribution is -2.37. The van der Waals surface area contributed by atoms with E-state index in [9.17, 15) is 14.9 Å². The van der Waals surface area contributed by atoms with Crippen LogP contribution in [0.5, 0.6) is 5.75 Å². The zero-order valence-corrected chi connectivity index (χ0v) is 20.2. The normalized spacial score (nSPS) is 14.2. The average molecular weight is 500 g/mol. The molecule has 3 aromatic rings. The van der Waals surface area contributed by atoms with Crippen LogP contribution in [0.3, 0.4) is 0 Å². The van der Waals surface area contributed by atoms with Crippen molar-refractivity contribution in [1.82, 2.24) is 10.2 Å². The van der Waals surface area contributed by atoms with E-state index in [1.807, 2.05) is 11.0 Å². The SMILES string of the molecule is CCOC(=O)C1CCN(c2nnc(Cc3ccc(OC)c(Cl)c3)c3c(N)c([N+](=O)[O-])ccc23)CC1. The summed E-state index contributed by atoms with van der Waals surface area (Å²) >= 11 is 6.28. The Morgan fingerprint density at radius 2 is 2.00 bits per heavy atom. The Kier molecular flexibility index (Phi) is 7.20. The summed E-state index contributed by atoms with van der Waals surface area (Å²) in [5.41, 5.74) is 7.50. The summed E-state index contributed by atoms with van der Waals surface area (Å²) in [7, 11) is 1.54. The number of carbonyl (C=O) groups is 1. The van der Waals surface area contributed by atoms with Crippen molar-refractivity contribution in [2.24, 2.45) is 5.92 Å². The predicted octanol–water partition coefficient (Wildman–Crippen LogP) is 4.15. The first-order valence-electron chi connectivity index (χ1n) is 11.3. The minimum atomic E-state index is -0.506. The van der Waals surface area contributed by atoms with Gasteiger partial charge in [-0.3, -0.25) is 14.9 Å². The Bertz CT molecular complexity index is 1280. The number of ether oxygens (including phenoxy) is 2. The number of fused-ring (bicyclic) bond motifs is 1. The second-order valence-electron chi connectivity index (χ2n) is 8.31. The fourth-order valence-electron chi connectivity index (χ4n) is 4.43. The minimum Gasteiger partial charge on any atom is -0.495 e. The molecule has 1 aromatic heterocycles. The summed E-state index contributed by atoms with van der Waals surface area (Å²) in [6, 6.07) is 8.41. The number of carbonyl (C=O) groups excluding carboxylic acids is 1. The first kappa shape index (κ1) is 24.5. The molecule has 184 valence electrons. The summed E-state index contributed by atoms with van der Waals surface area (Å²) in [6.45, 7) is 3.31. The van der Waals surface area contributed by atoms with Crippen molar-refractivity contribution in [1.29, 1.82) is 0 Å². The van der Waals surface area contributed by atoms with E-state index in [2.05, 4.69) is 10.2 Å². The molecule has 1 aliphatic rings. The second kappa shape index (κ2) is 10.3. The molecular weight excluding hydrogens is 474 g/mol. The molecule has 4 rings (SSSR count). The highest BCUT2D eigenvalue weighted by atomic mass is 35.5. The highest BCUT2D eigenvalue weighted by Crippen LogP contribution is 2.38. The van der Waals surface area contributed by atoms with Crippen molar-refractivity contribution in [3.8, 4) is 5.75 Å². The van der Waals surface area contributed by atoms with Crippen molar-refractivity contribution >= 4 is 45.5 Å². The van der Waals surface area contributed by atoms with Gasteiger partial charge in [-0.15, -0.1) is 5.10 Å². The third-order valence-electron chi connectivity index (χ3n) is 6.22. The second-order valence-corrected chi connectivity index (χ2v) is 8.71. The van der Waals surface area contributed by atoms with Crippen LogP contribution < -0.4 is 15.4 Å². The van der Waals surface area contributed by atoms with Gasteiger partial charge in [0.15, 0.2) is 5.82 Å². The highest BCUT2D eigenvalue weighted by Gasteiger charge is 2.29. The molecule has 2 heterocycles. The van der Waals surface area contributed by atoms with E-state index in [-0.39, 0.29) is 23.3 Å². The van der Waals surface area contributed by atoms with Crippen LogP contribution in [-0.4, -0.2) is 47.9 Å². The predicted molar refractivity (Wildman–Crippen MR) is 133 cm³/mol. The number of hydrogen-bond acceptors (Lipinski definition) is 9. The third-order valence-corrected chi connectivity index (χ3v) is 6.51. The van der Waals surface area contributed by atoms with Gasteiger partial charge in [0.05, 0.1) is 35.3 Å². The first-order chi connectivity index (χ1) is 16.8. The van der Waals surface area contributed by atoms with Gasteiger partial charge < -0.3 is 20.1 Å². The fourth-order valence-corrected chi connectivity index (χ4v) is 4.71. The molecule has 10 nitrogen and oxygen atoms in total. The number of nitrogens with zero attached hydrogens (tertiary/aromatic N) is 4. The molecule has 1 aliphatic heterocycles. The van der Waals surface area contributed by atoms with E-state index >= 15 is 0 Å². The van der Waals surface area contributed by atoms with Crippen molar-refractivity contribution < 1.29 is 19.2 Å². The number of anilines is 2. The van der Waals surface area contributed by atoms with E-state index in [4.69, 9.17) is 26.8 Å². The number of hydrogen-bond donors (Lipinski definition) is 1. The number of piperidine rings is 1. The first-order valence-corrected chi connectivity index (χ1v) is 11.7. The summed E-state index contributed by atoms with van der Waals surface area (Å²) in [5, 5.41) is 22.1. The Labute approximate surface area is 207 Å². The largest absolute Gasteiger partial charge is 0.495 e. The summed E-state index contributed by atoms with van der Waals surface area (Å²) < 4.78 is 10.4. The van der Waals surface area contributed by atoms with Gasteiger partial charge in [0, 0.05) is 36.3 Å². The third kappa shape index (κ3) is 4.93. The molecule has 1 saturated heterocycles. The zero-order chi connectivity index (χ0) is 25.1. The molecule has 11 heteroatoms. The lowest BCUT2D eigenvalue weighted by Gasteiger charge is -2.32. The van der Waals surface area contributed by atoms with Gasteiger partial charge in [-0.05, 0) is 43.5 Å². The van der Waals surface area contributed by atoms with E-state index < -0.39 is 4.92 Å². The van der Waals surface area contributed by atoms with Crippen LogP contribution in [0.15, 0.2) is 30.3 Å². The van der Waals surface area contributed by atoms with E-state index in [1.165, 1.54) is 13.2 Å². The van der Waals surface area contributed by atoms with Crippen molar-refractivity contribution in [3.05, 3.63) is 56.7 Å². The van der Waals surface area contributed by atoms with Crippen molar-refractivity contribution in [2.75, 3.05) is 37.4 Å². The molecule has 0 unspecified atom stereocenters. The molecule has 0 radical (unpaired) electrons. The topological polar surface area (TPSA) is 134 Å². The number of nitro groups is 1. The average Bonchev–Trinajstić information content (AvgIpc) is 2.84. The summed E-state index contributed by atoms with van der Waals surface area (Å²) in [4.78, 5) is 25.2. The fraction of sp³-hybridized carbons (Fsp3) is 0.375. The minimum absolute atomic E-state index is 0.0414.